The van der Waals surface area contributed by atoms with Gasteiger partial charge >= 0.3 is 0 Å². The maximum Gasteiger partial charge on any atom is 0.137 e. The number of nitrogens with zero attached hydrogens (tertiary/aromatic N) is 2. The Morgan fingerprint density at radius 1 is 1.10 bits per heavy atom. The molecule has 3 aromatic rings. The monoisotopic (exact) mass is 283 g/mol. The van der Waals surface area contributed by atoms with Gasteiger partial charge in [0.1, 0.15) is 17.1 Å². The van der Waals surface area contributed by atoms with Crippen molar-refractivity contribution >= 4 is 5.65 Å². The van der Waals surface area contributed by atoms with Crippen LogP contribution in [0.4, 0.5) is 0 Å². The van der Waals surface area contributed by atoms with Crippen LogP contribution >= 0.6 is 0 Å². The first-order valence-electron chi connectivity index (χ1n) is 6.65. The lowest BCUT2D eigenvalue weighted by Gasteiger charge is -2.08. The van der Waals surface area contributed by atoms with Crippen LogP contribution in [0.5, 0.6) is 11.5 Å². The Bertz CT molecular complexity index is 780. The fourth-order valence-corrected chi connectivity index (χ4v) is 2.30. The number of imidazole rings is 1. The largest absolute Gasteiger partial charge is 0.497 e. The Labute approximate surface area is 122 Å². The average molecular weight is 283 g/mol. The number of ether oxygens (including phenoxy) is 2. The van der Waals surface area contributed by atoms with E-state index in [-0.39, 0.29) is 0 Å². The van der Waals surface area contributed by atoms with E-state index >= 15 is 0 Å². The fraction of sp³-hybridized carbons (Fsp3) is 0.188. The molecule has 2 N–H and O–H groups in total. The molecule has 2 aromatic heterocycles. The van der Waals surface area contributed by atoms with Gasteiger partial charge in [-0.3, -0.25) is 0 Å². The lowest BCUT2D eigenvalue weighted by atomic mass is 10.1. The molecule has 0 saturated carbocycles. The first kappa shape index (κ1) is 13.5. The molecule has 0 unspecified atom stereocenters. The Morgan fingerprint density at radius 2 is 1.95 bits per heavy atom. The molecule has 5 nitrogen and oxygen atoms in total. The quantitative estimate of drug-likeness (QED) is 0.799. The van der Waals surface area contributed by atoms with Crippen LogP contribution in [0.2, 0.25) is 0 Å². The standard InChI is InChI=1S/C16H17N3O2/c1-20-12-4-5-15(21-2)13(7-12)14-10-19-9-11(8-17)3-6-16(19)18-14/h3-7,9-10H,8,17H2,1-2H3. The van der Waals surface area contributed by atoms with Gasteiger partial charge in [-0.15, -0.1) is 0 Å². The highest BCUT2D eigenvalue weighted by atomic mass is 16.5. The molecule has 0 amide bonds. The summed E-state index contributed by atoms with van der Waals surface area (Å²) in [5, 5.41) is 0. The molecule has 5 heteroatoms. The molecule has 3 rings (SSSR count). The maximum absolute atomic E-state index is 5.67. The van der Waals surface area contributed by atoms with Crippen LogP contribution in [0.25, 0.3) is 16.9 Å². The summed E-state index contributed by atoms with van der Waals surface area (Å²) >= 11 is 0. The van der Waals surface area contributed by atoms with Crippen molar-refractivity contribution < 1.29 is 9.47 Å². The summed E-state index contributed by atoms with van der Waals surface area (Å²) in [6.45, 7) is 0.506. The zero-order valence-corrected chi connectivity index (χ0v) is 12.0. The predicted molar refractivity (Wildman–Crippen MR) is 81.6 cm³/mol. The van der Waals surface area contributed by atoms with E-state index in [2.05, 4.69) is 4.98 Å². The molecular formula is C16H17N3O2. The van der Waals surface area contributed by atoms with Gasteiger partial charge in [0.05, 0.1) is 19.9 Å². The number of pyridine rings is 1. The first-order chi connectivity index (χ1) is 10.2. The number of nitrogens with two attached hydrogens (primary N) is 1. The van der Waals surface area contributed by atoms with Gasteiger partial charge in [-0.05, 0) is 29.8 Å². The van der Waals surface area contributed by atoms with Crippen molar-refractivity contribution in [1.82, 2.24) is 9.38 Å². The van der Waals surface area contributed by atoms with Gasteiger partial charge in [0, 0.05) is 24.5 Å². The van der Waals surface area contributed by atoms with Crippen molar-refractivity contribution in [1.29, 1.82) is 0 Å². The van der Waals surface area contributed by atoms with Gasteiger partial charge in [-0.25, -0.2) is 4.98 Å². The zero-order valence-electron chi connectivity index (χ0n) is 12.0. The third-order valence-corrected chi connectivity index (χ3v) is 3.43. The molecule has 0 spiro atoms. The van der Waals surface area contributed by atoms with Gasteiger partial charge < -0.3 is 19.6 Å². The van der Waals surface area contributed by atoms with E-state index in [1.807, 2.05) is 47.1 Å². The SMILES string of the molecule is COc1ccc(OC)c(-c2cn3cc(CN)ccc3n2)c1. The number of benzene rings is 1. The molecule has 0 saturated heterocycles. The number of hydrogen-bond acceptors (Lipinski definition) is 4. The molecule has 0 aliphatic heterocycles. The molecule has 0 radical (unpaired) electrons. The van der Waals surface area contributed by atoms with E-state index in [1.165, 1.54) is 0 Å². The Hall–Kier alpha value is -2.53. The van der Waals surface area contributed by atoms with Crippen LogP contribution in [-0.2, 0) is 6.54 Å². The third kappa shape index (κ3) is 2.43. The number of aromatic nitrogens is 2. The predicted octanol–water partition coefficient (Wildman–Crippen LogP) is 2.48. The lowest BCUT2D eigenvalue weighted by Crippen LogP contribution is -1.97. The highest BCUT2D eigenvalue weighted by molar-refractivity contribution is 5.71. The van der Waals surface area contributed by atoms with Crippen LogP contribution in [0.1, 0.15) is 5.56 Å². The van der Waals surface area contributed by atoms with Crippen LogP contribution in [0.15, 0.2) is 42.7 Å². The summed E-state index contributed by atoms with van der Waals surface area (Å²) in [6, 6.07) is 9.60. The molecule has 0 aliphatic rings. The van der Waals surface area contributed by atoms with Gasteiger partial charge in [0.15, 0.2) is 0 Å². The number of hydrogen-bond donors (Lipinski definition) is 1. The van der Waals surface area contributed by atoms with E-state index in [0.29, 0.717) is 6.54 Å². The second-order valence-electron chi connectivity index (χ2n) is 4.70. The Balaban J connectivity index is 2.15. The first-order valence-corrected chi connectivity index (χ1v) is 6.65. The van der Waals surface area contributed by atoms with Crippen molar-refractivity contribution in [2.75, 3.05) is 14.2 Å². The topological polar surface area (TPSA) is 61.8 Å². The van der Waals surface area contributed by atoms with Crippen molar-refractivity contribution in [3.05, 3.63) is 48.3 Å². The normalized spacial score (nSPS) is 10.8. The van der Waals surface area contributed by atoms with Crippen molar-refractivity contribution in [2.24, 2.45) is 5.73 Å². The number of methoxy groups -OCH3 is 2. The molecule has 0 aliphatic carbocycles. The second-order valence-corrected chi connectivity index (χ2v) is 4.70. The summed E-state index contributed by atoms with van der Waals surface area (Å²) < 4.78 is 12.7. The van der Waals surface area contributed by atoms with Crippen molar-refractivity contribution in [3.8, 4) is 22.8 Å². The summed E-state index contributed by atoms with van der Waals surface area (Å²) in [6.07, 6.45) is 3.95. The molecule has 0 atom stereocenters. The summed E-state index contributed by atoms with van der Waals surface area (Å²) in [4.78, 5) is 4.63. The lowest BCUT2D eigenvalue weighted by molar-refractivity contribution is 0.404. The Kier molecular flexibility index (Phi) is 3.50. The minimum absolute atomic E-state index is 0.506. The molecule has 0 fully saturated rings. The van der Waals surface area contributed by atoms with Crippen LogP contribution in [-0.4, -0.2) is 23.6 Å². The molecule has 108 valence electrons. The molecule has 1 aromatic carbocycles. The summed E-state index contributed by atoms with van der Waals surface area (Å²) in [5.41, 5.74) is 9.33. The second kappa shape index (κ2) is 5.46. The maximum atomic E-state index is 5.67. The zero-order chi connectivity index (χ0) is 14.8. The fourth-order valence-electron chi connectivity index (χ4n) is 2.30. The minimum atomic E-state index is 0.506. The van der Waals surface area contributed by atoms with Crippen LogP contribution in [0, 0.1) is 0 Å². The Morgan fingerprint density at radius 3 is 2.67 bits per heavy atom. The van der Waals surface area contributed by atoms with E-state index < -0.39 is 0 Å². The highest BCUT2D eigenvalue weighted by Gasteiger charge is 2.11. The highest BCUT2D eigenvalue weighted by Crippen LogP contribution is 2.32. The van der Waals surface area contributed by atoms with Crippen LogP contribution in [0.3, 0.4) is 0 Å². The summed E-state index contributed by atoms with van der Waals surface area (Å²) in [7, 11) is 3.29. The smallest absolute Gasteiger partial charge is 0.137 e. The van der Waals surface area contributed by atoms with Gasteiger partial charge in [-0.2, -0.15) is 0 Å². The van der Waals surface area contributed by atoms with E-state index in [9.17, 15) is 0 Å². The van der Waals surface area contributed by atoms with E-state index in [1.54, 1.807) is 14.2 Å². The average Bonchev–Trinajstić information content (AvgIpc) is 2.96. The molecular weight excluding hydrogens is 266 g/mol. The number of rotatable bonds is 4. The van der Waals surface area contributed by atoms with Crippen LogP contribution < -0.4 is 15.2 Å². The van der Waals surface area contributed by atoms with Gasteiger partial charge in [0.2, 0.25) is 0 Å². The third-order valence-electron chi connectivity index (χ3n) is 3.43. The minimum Gasteiger partial charge on any atom is -0.497 e. The molecule has 2 heterocycles. The van der Waals surface area contributed by atoms with Gasteiger partial charge in [0.25, 0.3) is 0 Å². The molecule has 21 heavy (non-hydrogen) atoms. The van der Waals surface area contributed by atoms with E-state index in [4.69, 9.17) is 15.2 Å². The molecule has 0 bridgehead atoms. The van der Waals surface area contributed by atoms with E-state index in [0.717, 1.165) is 34.0 Å². The van der Waals surface area contributed by atoms with Crippen molar-refractivity contribution in [3.63, 3.8) is 0 Å². The van der Waals surface area contributed by atoms with Crippen molar-refractivity contribution in [2.45, 2.75) is 6.54 Å². The summed E-state index contributed by atoms with van der Waals surface area (Å²) in [5.74, 6) is 1.53. The number of fused-ring (bicyclic) bond motifs is 1. The van der Waals surface area contributed by atoms with Gasteiger partial charge in [-0.1, -0.05) is 6.07 Å².